The molecule has 0 aliphatic carbocycles. The lowest BCUT2D eigenvalue weighted by molar-refractivity contribution is 0.0783. The molecule has 0 spiro atoms. The first kappa shape index (κ1) is 14.1. The Hall–Kier alpha value is -2.48. The Balaban J connectivity index is 1.42. The lowest BCUT2D eigenvalue weighted by Crippen LogP contribution is -2.28. The maximum atomic E-state index is 12.3. The minimum atomic E-state index is -0.0386. The van der Waals surface area contributed by atoms with Crippen molar-refractivity contribution in [1.82, 2.24) is 25.2 Å². The predicted octanol–water partition coefficient (Wildman–Crippen LogP) is 2.07. The molecule has 3 aromatic rings. The minimum absolute atomic E-state index is 0.0386. The molecule has 1 fully saturated rings. The Kier molecular flexibility index (Phi) is 3.66. The van der Waals surface area contributed by atoms with Crippen molar-refractivity contribution in [3.8, 4) is 0 Å². The predicted molar refractivity (Wildman–Crippen MR) is 83.3 cm³/mol. The normalized spacial score (nSPS) is 17.7. The Morgan fingerprint density at radius 1 is 1.48 bits per heavy atom. The van der Waals surface area contributed by atoms with Gasteiger partial charge in [0.1, 0.15) is 5.69 Å². The van der Waals surface area contributed by atoms with Crippen LogP contribution >= 0.6 is 11.3 Å². The van der Waals surface area contributed by atoms with Crippen LogP contribution in [0.3, 0.4) is 0 Å². The van der Waals surface area contributed by atoms with Gasteiger partial charge >= 0.3 is 0 Å². The number of nitrogens with zero attached hydrogens (tertiary/aromatic N) is 4. The van der Waals surface area contributed by atoms with Crippen LogP contribution in [0.5, 0.6) is 0 Å². The number of hydrogen-bond acceptors (Lipinski definition) is 6. The summed E-state index contributed by atoms with van der Waals surface area (Å²) in [6.45, 7) is 1.28. The van der Waals surface area contributed by atoms with E-state index in [1.54, 1.807) is 28.5 Å². The second-order valence-corrected chi connectivity index (χ2v) is 6.54. The van der Waals surface area contributed by atoms with Crippen LogP contribution in [0, 0.1) is 0 Å². The van der Waals surface area contributed by atoms with Crippen molar-refractivity contribution in [3.05, 3.63) is 52.1 Å². The van der Waals surface area contributed by atoms with E-state index in [9.17, 15) is 4.79 Å². The van der Waals surface area contributed by atoms with Crippen LogP contribution in [-0.2, 0) is 6.42 Å². The molecule has 1 N–H and O–H groups in total. The Bertz CT molecular complexity index is 781. The van der Waals surface area contributed by atoms with E-state index in [0.29, 0.717) is 36.9 Å². The number of aromatic nitrogens is 4. The van der Waals surface area contributed by atoms with Gasteiger partial charge in [-0.1, -0.05) is 11.2 Å². The largest absolute Gasteiger partial charge is 0.339 e. The van der Waals surface area contributed by atoms with Gasteiger partial charge in [0.2, 0.25) is 5.89 Å². The van der Waals surface area contributed by atoms with Crippen LogP contribution in [0.1, 0.15) is 39.4 Å². The van der Waals surface area contributed by atoms with E-state index in [-0.39, 0.29) is 11.8 Å². The summed E-state index contributed by atoms with van der Waals surface area (Å²) in [5.74, 6) is 1.38. The van der Waals surface area contributed by atoms with Gasteiger partial charge in [-0.2, -0.15) is 10.1 Å². The van der Waals surface area contributed by atoms with Crippen LogP contribution < -0.4 is 0 Å². The molecule has 0 aromatic carbocycles. The molecule has 23 heavy (non-hydrogen) atoms. The average molecular weight is 329 g/mol. The minimum Gasteiger partial charge on any atom is -0.339 e. The molecule has 1 aliphatic heterocycles. The molecule has 3 aromatic heterocycles. The summed E-state index contributed by atoms with van der Waals surface area (Å²) >= 11 is 1.68. The average Bonchev–Trinajstić information content (AvgIpc) is 3.33. The number of carbonyl (C=O) groups is 1. The number of nitrogens with one attached hydrogen (secondary N) is 1. The fourth-order valence-corrected chi connectivity index (χ4v) is 3.47. The van der Waals surface area contributed by atoms with E-state index in [0.717, 1.165) is 6.42 Å². The number of H-pyrrole nitrogens is 1. The third-order valence-electron chi connectivity index (χ3n) is 3.95. The molecule has 118 valence electrons. The quantitative estimate of drug-likeness (QED) is 0.791. The van der Waals surface area contributed by atoms with Crippen molar-refractivity contribution in [2.75, 3.05) is 13.1 Å². The van der Waals surface area contributed by atoms with Crippen molar-refractivity contribution in [3.63, 3.8) is 0 Å². The molecule has 1 saturated heterocycles. The van der Waals surface area contributed by atoms with Crippen LogP contribution in [0.2, 0.25) is 0 Å². The van der Waals surface area contributed by atoms with Crippen LogP contribution in [0.15, 0.2) is 34.3 Å². The van der Waals surface area contributed by atoms with E-state index in [4.69, 9.17) is 4.52 Å². The maximum Gasteiger partial charge on any atom is 0.271 e. The molecule has 1 atom stereocenters. The van der Waals surface area contributed by atoms with E-state index >= 15 is 0 Å². The molecule has 0 bridgehead atoms. The maximum absolute atomic E-state index is 12.3. The second-order valence-electron chi connectivity index (χ2n) is 5.51. The number of likely N-dealkylation sites (tertiary alicyclic amines) is 1. The van der Waals surface area contributed by atoms with Gasteiger partial charge in [-0.15, -0.1) is 11.3 Å². The number of hydrogen-bond donors (Lipinski definition) is 1. The van der Waals surface area contributed by atoms with Gasteiger partial charge in [0, 0.05) is 30.6 Å². The van der Waals surface area contributed by atoms with Crippen LogP contribution in [0.4, 0.5) is 0 Å². The van der Waals surface area contributed by atoms with Gasteiger partial charge in [0.05, 0.1) is 5.92 Å². The Labute approximate surface area is 136 Å². The van der Waals surface area contributed by atoms with E-state index in [1.165, 1.54) is 4.88 Å². The molecule has 4 rings (SSSR count). The van der Waals surface area contributed by atoms with Crippen molar-refractivity contribution in [2.45, 2.75) is 18.8 Å². The summed E-state index contributed by atoms with van der Waals surface area (Å²) in [6, 6.07) is 5.75. The zero-order chi connectivity index (χ0) is 15.6. The molecular formula is C15H15N5O2S. The van der Waals surface area contributed by atoms with E-state index in [1.807, 2.05) is 11.4 Å². The fourth-order valence-electron chi connectivity index (χ4n) is 2.77. The van der Waals surface area contributed by atoms with Gasteiger partial charge in [-0.05, 0) is 23.9 Å². The highest BCUT2D eigenvalue weighted by molar-refractivity contribution is 7.09. The summed E-state index contributed by atoms with van der Waals surface area (Å²) in [5, 5.41) is 12.6. The monoisotopic (exact) mass is 329 g/mol. The highest BCUT2D eigenvalue weighted by Crippen LogP contribution is 2.27. The molecule has 1 aliphatic rings. The van der Waals surface area contributed by atoms with Gasteiger partial charge < -0.3 is 9.42 Å². The molecule has 0 radical (unpaired) electrons. The lowest BCUT2D eigenvalue weighted by Gasteiger charge is -2.14. The summed E-state index contributed by atoms with van der Waals surface area (Å²) in [5.41, 5.74) is 0.509. The van der Waals surface area contributed by atoms with Gasteiger partial charge in [0.25, 0.3) is 5.91 Å². The molecule has 1 unspecified atom stereocenters. The Morgan fingerprint density at radius 3 is 3.22 bits per heavy atom. The summed E-state index contributed by atoms with van der Waals surface area (Å²) in [6.07, 6.45) is 3.10. The summed E-state index contributed by atoms with van der Waals surface area (Å²) < 4.78 is 5.40. The van der Waals surface area contributed by atoms with Crippen LogP contribution in [-0.4, -0.2) is 44.2 Å². The zero-order valence-corrected chi connectivity index (χ0v) is 13.1. The van der Waals surface area contributed by atoms with Crippen molar-refractivity contribution < 1.29 is 9.32 Å². The third-order valence-corrected chi connectivity index (χ3v) is 4.83. The van der Waals surface area contributed by atoms with Crippen LogP contribution in [0.25, 0.3) is 0 Å². The van der Waals surface area contributed by atoms with E-state index < -0.39 is 0 Å². The number of carbonyl (C=O) groups excluding carboxylic acids is 1. The summed E-state index contributed by atoms with van der Waals surface area (Å²) in [7, 11) is 0. The number of thiophene rings is 1. The van der Waals surface area contributed by atoms with Gasteiger partial charge in [-0.25, -0.2) is 0 Å². The standard InChI is InChI=1S/C15H15N5O2S/c21-15(12-3-5-16-18-12)20-6-4-10(9-20)14-17-13(19-22-14)8-11-2-1-7-23-11/h1-3,5,7,10H,4,6,8-9H2,(H,16,18). The fraction of sp³-hybridized carbons (Fsp3) is 0.333. The molecule has 4 heterocycles. The number of rotatable bonds is 4. The molecule has 8 heteroatoms. The van der Waals surface area contributed by atoms with E-state index in [2.05, 4.69) is 26.4 Å². The first-order valence-electron chi connectivity index (χ1n) is 7.43. The van der Waals surface area contributed by atoms with Gasteiger partial charge in [0.15, 0.2) is 5.82 Å². The highest BCUT2D eigenvalue weighted by atomic mass is 32.1. The smallest absolute Gasteiger partial charge is 0.271 e. The van der Waals surface area contributed by atoms with Crippen molar-refractivity contribution in [2.24, 2.45) is 0 Å². The second kappa shape index (κ2) is 5.96. The van der Waals surface area contributed by atoms with Gasteiger partial charge in [-0.3, -0.25) is 9.89 Å². The first-order valence-corrected chi connectivity index (χ1v) is 8.31. The third kappa shape index (κ3) is 2.89. The number of amides is 1. The SMILES string of the molecule is O=C(c1ccn[nH]1)N1CCC(c2nc(Cc3cccs3)no2)C1. The number of aromatic amines is 1. The zero-order valence-electron chi connectivity index (χ0n) is 12.3. The van der Waals surface area contributed by atoms with Crippen molar-refractivity contribution >= 4 is 17.2 Å². The van der Waals surface area contributed by atoms with Crippen molar-refractivity contribution in [1.29, 1.82) is 0 Å². The molecule has 7 nitrogen and oxygen atoms in total. The highest BCUT2D eigenvalue weighted by Gasteiger charge is 2.32. The topological polar surface area (TPSA) is 87.9 Å². The molecule has 1 amide bonds. The first-order chi connectivity index (χ1) is 11.3. The molecule has 0 saturated carbocycles. The lowest BCUT2D eigenvalue weighted by atomic mass is 10.1. The molecular weight excluding hydrogens is 314 g/mol. The Morgan fingerprint density at radius 2 is 2.43 bits per heavy atom. The summed E-state index contributed by atoms with van der Waals surface area (Å²) in [4.78, 5) is 19.8.